The third kappa shape index (κ3) is 3.85. The molecule has 2 fully saturated rings. The SMILES string of the molecule is NC(=NO)C1CCN(C(=O)CCC2CCCC2)CC1. The molecule has 0 radical (unpaired) electrons. The third-order valence-electron chi connectivity index (χ3n) is 4.62. The van der Waals surface area contributed by atoms with Crippen molar-refractivity contribution < 1.29 is 10.0 Å². The van der Waals surface area contributed by atoms with Crippen LogP contribution in [0.1, 0.15) is 51.4 Å². The van der Waals surface area contributed by atoms with Crippen molar-refractivity contribution in [3.8, 4) is 0 Å². The molecule has 108 valence electrons. The van der Waals surface area contributed by atoms with E-state index in [1.165, 1.54) is 25.7 Å². The Balaban J connectivity index is 1.70. The zero-order valence-electron chi connectivity index (χ0n) is 11.6. The largest absolute Gasteiger partial charge is 0.409 e. The first-order valence-corrected chi connectivity index (χ1v) is 7.46. The molecule has 5 heteroatoms. The quantitative estimate of drug-likeness (QED) is 0.353. The number of carbonyl (C=O) groups excluding carboxylic acids is 1. The predicted octanol–water partition coefficient (Wildman–Crippen LogP) is 1.94. The van der Waals surface area contributed by atoms with Crippen molar-refractivity contribution in [1.29, 1.82) is 0 Å². The maximum absolute atomic E-state index is 12.1. The molecule has 1 saturated heterocycles. The number of piperidine rings is 1. The minimum absolute atomic E-state index is 0.129. The Bertz CT molecular complexity index is 330. The van der Waals surface area contributed by atoms with Crippen LogP contribution in [-0.2, 0) is 4.79 Å². The number of likely N-dealkylation sites (tertiary alicyclic amines) is 1. The van der Waals surface area contributed by atoms with Crippen LogP contribution < -0.4 is 5.73 Å². The minimum atomic E-state index is 0.129. The van der Waals surface area contributed by atoms with Crippen molar-refractivity contribution in [1.82, 2.24) is 4.90 Å². The zero-order chi connectivity index (χ0) is 13.7. The monoisotopic (exact) mass is 267 g/mol. The van der Waals surface area contributed by atoms with Gasteiger partial charge in [0.25, 0.3) is 0 Å². The van der Waals surface area contributed by atoms with Gasteiger partial charge in [0, 0.05) is 25.4 Å². The number of amides is 1. The number of nitrogens with zero attached hydrogens (tertiary/aromatic N) is 2. The highest BCUT2D eigenvalue weighted by Gasteiger charge is 2.25. The van der Waals surface area contributed by atoms with Crippen LogP contribution in [0, 0.1) is 11.8 Å². The summed E-state index contributed by atoms with van der Waals surface area (Å²) in [5.41, 5.74) is 5.61. The first-order valence-electron chi connectivity index (χ1n) is 7.46. The van der Waals surface area contributed by atoms with Gasteiger partial charge in [-0.15, -0.1) is 0 Å². The normalized spacial score (nSPS) is 22.9. The molecule has 1 aliphatic carbocycles. The minimum Gasteiger partial charge on any atom is -0.409 e. The van der Waals surface area contributed by atoms with E-state index in [-0.39, 0.29) is 11.8 Å². The fourth-order valence-corrected chi connectivity index (χ4v) is 3.29. The number of nitrogens with two attached hydrogens (primary N) is 1. The van der Waals surface area contributed by atoms with E-state index in [1.807, 2.05) is 4.90 Å². The molecule has 0 atom stereocenters. The first kappa shape index (κ1) is 14.2. The van der Waals surface area contributed by atoms with Crippen LogP contribution in [0.4, 0.5) is 0 Å². The van der Waals surface area contributed by atoms with E-state index in [0.29, 0.717) is 12.3 Å². The van der Waals surface area contributed by atoms with Crippen molar-refractivity contribution in [3.63, 3.8) is 0 Å². The maximum atomic E-state index is 12.1. The number of carbonyl (C=O) groups is 1. The Morgan fingerprint density at radius 2 is 1.84 bits per heavy atom. The summed E-state index contributed by atoms with van der Waals surface area (Å²) >= 11 is 0. The van der Waals surface area contributed by atoms with Gasteiger partial charge in [0.1, 0.15) is 5.84 Å². The third-order valence-corrected chi connectivity index (χ3v) is 4.62. The summed E-state index contributed by atoms with van der Waals surface area (Å²) in [5, 5.41) is 11.7. The second kappa shape index (κ2) is 6.78. The molecule has 0 unspecified atom stereocenters. The Morgan fingerprint density at radius 3 is 2.42 bits per heavy atom. The van der Waals surface area contributed by atoms with Crippen LogP contribution >= 0.6 is 0 Å². The van der Waals surface area contributed by atoms with Gasteiger partial charge in [0.05, 0.1) is 0 Å². The van der Waals surface area contributed by atoms with E-state index in [2.05, 4.69) is 5.16 Å². The summed E-state index contributed by atoms with van der Waals surface area (Å²) in [6.07, 6.45) is 8.65. The van der Waals surface area contributed by atoms with Gasteiger partial charge in [-0.25, -0.2) is 0 Å². The molecule has 0 aromatic carbocycles. The molecule has 19 heavy (non-hydrogen) atoms. The Hall–Kier alpha value is -1.26. The summed E-state index contributed by atoms with van der Waals surface area (Å²) in [5.74, 6) is 1.49. The molecule has 1 saturated carbocycles. The second-order valence-corrected chi connectivity index (χ2v) is 5.87. The van der Waals surface area contributed by atoms with Crippen LogP contribution in [0.25, 0.3) is 0 Å². The molecular formula is C14H25N3O2. The van der Waals surface area contributed by atoms with E-state index in [9.17, 15) is 4.79 Å². The topological polar surface area (TPSA) is 78.9 Å². The molecule has 0 spiro atoms. The van der Waals surface area contributed by atoms with Crippen LogP contribution in [0.2, 0.25) is 0 Å². The molecule has 1 amide bonds. The van der Waals surface area contributed by atoms with Crippen molar-refractivity contribution in [3.05, 3.63) is 0 Å². The van der Waals surface area contributed by atoms with Gasteiger partial charge in [0.15, 0.2) is 0 Å². The van der Waals surface area contributed by atoms with Crippen LogP contribution in [-0.4, -0.2) is 34.9 Å². The van der Waals surface area contributed by atoms with E-state index in [4.69, 9.17) is 10.9 Å². The number of hydrogen-bond acceptors (Lipinski definition) is 3. The van der Waals surface area contributed by atoms with E-state index < -0.39 is 0 Å². The van der Waals surface area contributed by atoms with Crippen LogP contribution in [0.5, 0.6) is 0 Å². The average molecular weight is 267 g/mol. The highest BCUT2D eigenvalue weighted by atomic mass is 16.4. The Labute approximate surface area is 114 Å². The van der Waals surface area contributed by atoms with Gasteiger partial charge in [-0.2, -0.15) is 0 Å². The van der Waals surface area contributed by atoms with Crippen LogP contribution in [0.3, 0.4) is 0 Å². The molecular weight excluding hydrogens is 242 g/mol. The van der Waals surface area contributed by atoms with Crippen LogP contribution in [0.15, 0.2) is 5.16 Å². The Kier molecular flexibility index (Phi) is 5.05. The highest BCUT2D eigenvalue weighted by molar-refractivity contribution is 5.83. The van der Waals surface area contributed by atoms with E-state index in [1.54, 1.807) is 0 Å². The van der Waals surface area contributed by atoms with Gasteiger partial charge in [-0.3, -0.25) is 4.79 Å². The van der Waals surface area contributed by atoms with E-state index >= 15 is 0 Å². The number of hydrogen-bond donors (Lipinski definition) is 2. The lowest BCUT2D eigenvalue weighted by atomic mass is 9.95. The van der Waals surface area contributed by atoms with Gasteiger partial charge in [-0.05, 0) is 25.2 Å². The molecule has 2 rings (SSSR count). The standard InChI is InChI=1S/C14H25N3O2/c15-14(16-19)12-7-9-17(10-8-12)13(18)6-5-11-3-1-2-4-11/h11-12,19H,1-10H2,(H2,15,16). The zero-order valence-corrected chi connectivity index (χ0v) is 11.6. The molecule has 0 aromatic rings. The predicted molar refractivity (Wildman–Crippen MR) is 73.9 cm³/mol. The smallest absolute Gasteiger partial charge is 0.222 e. The van der Waals surface area contributed by atoms with Gasteiger partial charge in [-0.1, -0.05) is 30.8 Å². The van der Waals surface area contributed by atoms with Gasteiger partial charge < -0.3 is 15.8 Å². The molecule has 1 heterocycles. The molecule has 0 bridgehead atoms. The van der Waals surface area contributed by atoms with Gasteiger partial charge >= 0.3 is 0 Å². The van der Waals surface area contributed by atoms with E-state index in [0.717, 1.165) is 38.3 Å². The molecule has 2 aliphatic rings. The summed E-state index contributed by atoms with van der Waals surface area (Å²) in [4.78, 5) is 14.1. The number of amidine groups is 1. The van der Waals surface area contributed by atoms with Crippen molar-refractivity contribution in [2.75, 3.05) is 13.1 Å². The number of rotatable bonds is 4. The maximum Gasteiger partial charge on any atom is 0.222 e. The fourth-order valence-electron chi connectivity index (χ4n) is 3.29. The van der Waals surface area contributed by atoms with Crippen molar-refractivity contribution in [2.24, 2.45) is 22.7 Å². The first-order chi connectivity index (χ1) is 9.20. The molecule has 0 aromatic heterocycles. The van der Waals surface area contributed by atoms with Gasteiger partial charge in [0.2, 0.25) is 5.91 Å². The lowest BCUT2D eigenvalue weighted by Gasteiger charge is -2.31. The summed E-state index contributed by atoms with van der Waals surface area (Å²) in [7, 11) is 0. The lowest BCUT2D eigenvalue weighted by molar-refractivity contribution is -0.132. The molecule has 5 nitrogen and oxygen atoms in total. The van der Waals surface area contributed by atoms with Crippen molar-refractivity contribution in [2.45, 2.75) is 51.4 Å². The summed E-state index contributed by atoms with van der Waals surface area (Å²) in [6.45, 7) is 1.48. The fraction of sp³-hybridized carbons (Fsp3) is 0.857. The lowest BCUT2D eigenvalue weighted by Crippen LogP contribution is -2.41. The van der Waals surface area contributed by atoms with Crippen molar-refractivity contribution >= 4 is 11.7 Å². The summed E-state index contributed by atoms with van der Waals surface area (Å²) < 4.78 is 0. The molecule has 3 N–H and O–H groups in total. The summed E-state index contributed by atoms with van der Waals surface area (Å²) in [6, 6.07) is 0. The number of oxime groups is 1. The molecule has 1 aliphatic heterocycles. The second-order valence-electron chi connectivity index (χ2n) is 5.87. The average Bonchev–Trinajstić information content (AvgIpc) is 2.97. The Morgan fingerprint density at radius 1 is 1.21 bits per heavy atom. The highest BCUT2D eigenvalue weighted by Crippen LogP contribution is 2.29.